The van der Waals surface area contributed by atoms with Crippen LogP contribution in [0.2, 0.25) is 0 Å². The van der Waals surface area contributed by atoms with E-state index in [0.717, 1.165) is 11.1 Å². The normalized spacial score (nSPS) is 20.7. The number of carbonyl (C=O) groups is 1. The molecule has 0 saturated carbocycles. The van der Waals surface area contributed by atoms with Crippen molar-refractivity contribution in [1.29, 1.82) is 0 Å². The number of aliphatic hydroxyl groups excluding tert-OH is 1. The fourth-order valence-corrected chi connectivity index (χ4v) is 3.03. The molecule has 1 aromatic heterocycles. The third-order valence-electron chi connectivity index (χ3n) is 4.27. The van der Waals surface area contributed by atoms with Gasteiger partial charge in [0.05, 0.1) is 18.6 Å². The molecule has 1 fully saturated rings. The van der Waals surface area contributed by atoms with Crippen molar-refractivity contribution in [3.8, 4) is 0 Å². The lowest BCUT2D eigenvalue weighted by Gasteiger charge is -2.26. The molecule has 0 radical (unpaired) electrons. The van der Waals surface area contributed by atoms with E-state index >= 15 is 0 Å². The predicted octanol–water partition coefficient (Wildman–Crippen LogP) is 1.97. The molecular formula is C18H19FN2O2. The number of amides is 1. The maximum Gasteiger partial charge on any atom is 0.227 e. The number of likely N-dealkylation sites (tertiary alicyclic amines) is 1. The lowest BCUT2D eigenvalue weighted by Crippen LogP contribution is -2.41. The van der Waals surface area contributed by atoms with Gasteiger partial charge in [0.25, 0.3) is 0 Å². The van der Waals surface area contributed by atoms with Crippen LogP contribution in [0.1, 0.15) is 17.5 Å². The molecule has 1 amide bonds. The molecule has 0 aliphatic carbocycles. The molecule has 0 unspecified atom stereocenters. The number of pyridine rings is 1. The molecule has 0 bridgehead atoms. The zero-order valence-electron chi connectivity index (χ0n) is 12.7. The van der Waals surface area contributed by atoms with Crippen molar-refractivity contribution < 1.29 is 14.3 Å². The van der Waals surface area contributed by atoms with Gasteiger partial charge < -0.3 is 10.0 Å². The summed E-state index contributed by atoms with van der Waals surface area (Å²) in [7, 11) is 0. The Hall–Kier alpha value is -2.27. The Bertz CT molecular complexity index is 660. The summed E-state index contributed by atoms with van der Waals surface area (Å²) in [6.07, 6.45) is 4.33. The minimum atomic E-state index is -0.521. The van der Waals surface area contributed by atoms with E-state index in [1.54, 1.807) is 29.4 Å². The molecule has 5 heteroatoms. The fraction of sp³-hybridized carbons (Fsp3) is 0.333. The van der Waals surface area contributed by atoms with Crippen LogP contribution in [0.25, 0.3) is 0 Å². The molecule has 1 aromatic carbocycles. The monoisotopic (exact) mass is 314 g/mol. The zero-order valence-corrected chi connectivity index (χ0v) is 12.7. The first-order valence-electron chi connectivity index (χ1n) is 7.74. The van der Waals surface area contributed by atoms with Gasteiger partial charge in [0.15, 0.2) is 0 Å². The van der Waals surface area contributed by atoms with Crippen molar-refractivity contribution in [3.63, 3.8) is 0 Å². The van der Waals surface area contributed by atoms with Crippen LogP contribution in [0.15, 0.2) is 48.8 Å². The number of halogens is 1. The molecule has 4 nitrogen and oxygen atoms in total. The van der Waals surface area contributed by atoms with E-state index in [1.807, 2.05) is 12.1 Å². The van der Waals surface area contributed by atoms with Gasteiger partial charge in [-0.3, -0.25) is 9.78 Å². The number of benzene rings is 1. The quantitative estimate of drug-likeness (QED) is 0.939. The molecule has 2 heterocycles. The van der Waals surface area contributed by atoms with E-state index in [1.165, 1.54) is 12.1 Å². The second kappa shape index (κ2) is 6.87. The predicted molar refractivity (Wildman–Crippen MR) is 84.2 cm³/mol. The first kappa shape index (κ1) is 15.6. The zero-order chi connectivity index (χ0) is 16.2. The van der Waals surface area contributed by atoms with E-state index in [4.69, 9.17) is 0 Å². The first-order valence-corrected chi connectivity index (χ1v) is 7.74. The number of aromatic nitrogens is 1. The van der Waals surface area contributed by atoms with Crippen LogP contribution in [0, 0.1) is 5.82 Å². The van der Waals surface area contributed by atoms with Crippen LogP contribution in [-0.2, 0) is 17.6 Å². The Labute approximate surface area is 134 Å². The minimum absolute atomic E-state index is 0.0398. The van der Waals surface area contributed by atoms with Crippen LogP contribution >= 0.6 is 0 Å². The second-order valence-corrected chi connectivity index (χ2v) is 5.88. The average Bonchev–Trinajstić information content (AvgIpc) is 2.92. The number of hydrogen-bond donors (Lipinski definition) is 1. The summed E-state index contributed by atoms with van der Waals surface area (Å²) >= 11 is 0. The average molecular weight is 314 g/mol. The van der Waals surface area contributed by atoms with Crippen LogP contribution in [0.3, 0.4) is 0 Å². The van der Waals surface area contributed by atoms with Gasteiger partial charge in [-0.2, -0.15) is 0 Å². The van der Waals surface area contributed by atoms with E-state index in [2.05, 4.69) is 4.98 Å². The number of hydrogen-bond acceptors (Lipinski definition) is 3. The molecule has 120 valence electrons. The van der Waals surface area contributed by atoms with Gasteiger partial charge in [0.1, 0.15) is 5.82 Å². The molecular weight excluding hydrogens is 295 g/mol. The molecule has 2 atom stereocenters. The van der Waals surface area contributed by atoms with Crippen molar-refractivity contribution in [2.24, 2.45) is 0 Å². The van der Waals surface area contributed by atoms with E-state index in [-0.39, 0.29) is 24.2 Å². The highest BCUT2D eigenvalue weighted by atomic mass is 19.1. The van der Waals surface area contributed by atoms with Crippen LogP contribution in [-0.4, -0.2) is 39.6 Å². The Balaban J connectivity index is 1.69. The first-order chi connectivity index (χ1) is 11.1. The Morgan fingerprint density at radius 3 is 2.74 bits per heavy atom. The van der Waals surface area contributed by atoms with Crippen molar-refractivity contribution in [2.45, 2.75) is 31.4 Å². The number of carbonyl (C=O) groups excluding carboxylic acids is 1. The number of rotatable bonds is 4. The SMILES string of the molecule is O=C(Cc1ccc(F)cc1)N1CC[C@@H](O)[C@H]1Cc1cccnc1. The molecule has 3 rings (SSSR count). The molecule has 1 saturated heterocycles. The van der Waals surface area contributed by atoms with Gasteiger partial charge in [-0.05, 0) is 42.2 Å². The summed E-state index contributed by atoms with van der Waals surface area (Å²) in [6.45, 7) is 0.548. The maximum absolute atomic E-state index is 12.9. The van der Waals surface area contributed by atoms with Crippen molar-refractivity contribution >= 4 is 5.91 Å². The van der Waals surface area contributed by atoms with E-state index in [9.17, 15) is 14.3 Å². The van der Waals surface area contributed by atoms with Crippen LogP contribution in [0.4, 0.5) is 4.39 Å². The van der Waals surface area contributed by atoms with E-state index < -0.39 is 6.10 Å². The van der Waals surface area contributed by atoms with E-state index in [0.29, 0.717) is 19.4 Å². The highest BCUT2D eigenvalue weighted by Crippen LogP contribution is 2.23. The van der Waals surface area contributed by atoms with Gasteiger partial charge >= 0.3 is 0 Å². The molecule has 1 aliphatic heterocycles. The molecule has 1 aliphatic rings. The van der Waals surface area contributed by atoms with Gasteiger partial charge in [0.2, 0.25) is 5.91 Å². The summed E-state index contributed by atoms with van der Waals surface area (Å²) in [4.78, 5) is 18.4. The number of nitrogens with zero attached hydrogens (tertiary/aromatic N) is 2. The maximum atomic E-state index is 12.9. The third kappa shape index (κ3) is 3.74. The highest BCUT2D eigenvalue weighted by Gasteiger charge is 2.35. The van der Waals surface area contributed by atoms with Gasteiger partial charge in [0, 0.05) is 18.9 Å². The molecule has 1 N–H and O–H groups in total. The lowest BCUT2D eigenvalue weighted by molar-refractivity contribution is -0.132. The third-order valence-corrected chi connectivity index (χ3v) is 4.27. The van der Waals surface area contributed by atoms with Crippen LogP contribution in [0.5, 0.6) is 0 Å². The fourth-order valence-electron chi connectivity index (χ4n) is 3.03. The smallest absolute Gasteiger partial charge is 0.227 e. The molecule has 23 heavy (non-hydrogen) atoms. The summed E-state index contributed by atoms with van der Waals surface area (Å²) in [5.74, 6) is -0.353. The second-order valence-electron chi connectivity index (χ2n) is 5.88. The standard InChI is InChI=1S/C18H19FN2O2/c19-15-5-3-13(4-6-15)11-18(23)21-9-7-17(22)16(21)10-14-2-1-8-20-12-14/h1-6,8,12,16-17,22H,7,9-11H2/t16-,17-/m1/s1. The van der Waals surface area contributed by atoms with Crippen molar-refractivity contribution in [1.82, 2.24) is 9.88 Å². The van der Waals surface area contributed by atoms with Gasteiger partial charge in [-0.25, -0.2) is 4.39 Å². The topological polar surface area (TPSA) is 53.4 Å². The van der Waals surface area contributed by atoms with Crippen molar-refractivity contribution in [3.05, 3.63) is 65.7 Å². The minimum Gasteiger partial charge on any atom is -0.391 e. The highest BCUT2D eigenvalue weighted by molar-refractivity contribution is 5.79. The summed E-state index contributed by atoms with van der Waals surface area (Å²) in [5, 5.41) is 10.2. The molecule has 0 spiro atoms. The summed E-state index contributed by atoms with van der Waals surface area (Å²) < 4.78 is 12.9. The lowest BCUT2D eigenvalue weighted by atomic mass is 10.0. The number of aliphatic hydroxyl groups is 1. The largest absolute Gasteiger partial charge is 0.391 e. The van der Waals surface area contributed by atoms with Gasteiger partial charge in [-0.15, -0.1) is 0 Å². The summed E-state index contributed by atoms with van der Waals surface area (Å²) in [6, 6.07) is 9.52. The molecule has 2 aromatic rings. The van der Waals surface area contributed by atoms with Crippen molar-refractivity contribution in [2.75, 3.05) is 6.54 Å². The Morgan fingerprint density at radius 2 is 2.04 bits per heavy atom. The Kier molecular flexibility index (Phi) is 4.67. The Morgan fingerprint density at radius 1 is 1.26 bits per heavy atom. The van der Waals surface area contributed by atoms with Crippen LogP contribution < -0.4 is 0 Å². The summed E-state index contributed by atoms with van der Waals surface area (Å²) in [5.41, 5.74) is 1.77. The van der Waals surface area contributed by atoms with Gasteiger partial charge in [-0.1, -0.05) is 18.2 Å².